The molecular weight excluding hydrogens is 274 g/mol. The molecule has 82 valence electrons. The van der Waals surface area contributed by atoms with Crippen molar-refractivity contribution in [2.75, 3.05) is 11.5 Å². The van der Waals surface area contributed by atoms with Crippen LogP contribution in [0.25, 0.3) is 0 Å². The molecule has 3 nitrogen and oxygen atoms in total. The summed E-state index contributed by atoms with van der Waals surface area (Å²) in [4.78, 5) is 0. The molecule has 2 N–H and O–H groups in total. The van der Waals surface area contributed by atoms with Crippen molar-refractivity contribution in [1.29, 1.82) is 0 Å². The normalized spacial score (nSPS) is 21.5. The Labute approximate surface area is 102 Å². The molecule has 2 heterocycles. The van der Waals surface area contributed by atoms with Crippen LogP contribution in [0.4, 0.5) is 5.82 Å². The first kappa shape index (κ1) is 11.2. The highest BCUT2D eigenvalue weighted by Gasteiger charge is 2.15. The summed E-state index contributed by atoms with van der Waals surface area (Å²) in [5.41, 5.74) is 6.63. The van der Waals surface area contributed by atoms with Gasteiger partial charge in [-0.05, 0) is 40.6 Å². The van der Waals surface area contributed by atoms with Crippen LogP contribution in [0.3, 0.4) is 0 Å². The van der Waals surface area contributed by atoms with Gasteiger partial charge in [-0.25, -0.2) is 0 Å². The standard InChI is InChI=1S/C10H14BrN3S/c11-9-6-7(13-14-10(9)12)5-8-3-1-2-4-15-8/h6,8H,1-5H2,(H2,12,14). The van der Waals surface area contributed by atoms with Gasteiger partial charge in [0.25, 0.3) is 0 Å². The van der Waals surface area contributed by atoms with E-state index in [1.807, 2.05) is 6.07 Å². The summed E-state index contributed by atoms with van der Waals surface area (Å²) in [5, 5.41) is 8.74. The molecule has 2 rings (SSSR count). The Morgan fingerprint density at radius 2 is 2.33 bits per heavy atom. The average molecular weight is 288 g/mol. The maximum Gasteiger partial charge on any atom is 0.160 e. The van der Waals surface area contributed by atoms with Crippen molar-refractivity contribution >= 4 is 33.5 Å². The molecule has 1 aromatic heterocycles. The SMILES string of the molecule is Nc1nnc(CC2CCCCS2)cc1Br. The minimum Gasteiger partial charge on any atom is -0.381 e. The van der Waals surface area contributed by atoms with Crippen LogP contribution in [-0.2, 0) is 6.42 Å². The predicted octanol–water partition coefficient (Wildman–Crippen LogP) is 2.65. The second kappa shape index (κ2) is 5.16. The molecule has 1 aliphatic heterocycles. The van der Waals surface area contributed by atoms with Crippen LogP contribution in [0.5, 0.6) is 0 Å². The van der Waals surface area contributed by atoms with Crippen molar-refractivity contribution in [2.24, 2.45) is 0 Å². The van der Waals surface area contributed by atoms with Gasteiger partial charge in [0.2, 0.25) is 0 Å². The zero-order valence-electron chi connectivity index (χ0n) is 8.45. The lowest BCUT2D eigenvalue weighted by molar-refractivity contribution is 0.651. The number of hydrogen-bond donors (Lipinski definition) is 1. The fourth-order valence-electron chi connectivity index (χ4n) is 1.72. The predicted molar refractivity (Wildman–Crippen MR) is 67.9 cm³/mol. The fourth-order valence-corrected chi connectivity index (χ4v) is 3.39. The molecule has 1 aliphatic rings. The third-order valence-corrected chi connectivity index (χ3v) is 4.57. The molecular formula is C10H14BrN3S. The van der Waals surface area contributed by atoms with Crippen molar-refractivity contribution in [3.05, 3.63) is 16.2 Å². The number of nitrogens with two attached hydrogens (primary N) is 1. The number of rotatable bonds is 2. The van der Waals surface area contributed by atoms with E-state index >= 15 is 0 Å². The van der Waals surface area contributed by atoms with Gasteiger partial charge in [-0.2, -0.15) is 16.9 Å². The van der Waals surface area contributed by atoms with E-state index < -0.39 is 0 Å². The van der Waals surface area contributed by atoms with Crippen LogP contribution in [0.1, 0.15) is 25.0 Å². The van der Waals surface area contributed by atoms with E-state index in [9.17, 15) is 0 Å². The zero-order chi connectivity index (χ0) is 10.7. The van der Waals surface area contributed by atoms with Gasteiger partial charge in [0, 0.05) is 11.7 Å². The number of halogens is 1. The Balaban J connectivity index is 2.00. The molecule has 0 amide bonds. The van der Waals surface area contributed by atoms with Gasteiger partial charge < -0.3 is 5.73 Å². The van der Waals surface area contributed by atoms with Gasteiger partial charge in [-0.3, -0.25) is 0 Å². The molecule has 0 saturated carbocycles. The highest BCUT2D eigenvalue weighted by Crippen LogP contribution is 2.28. The Hall–Kier alpha value is -0.290. The first-order valence-electron chi connectivity index (χ1n) is 5.15. The van der Waals surface area contributed by atoms with E-state index in [1.165, 1.54) is 25.0 Å². The van der Waals surface area contributed by atoms with Crippen LogP contribution in [0.15, 0.2) is 10.5 Å². The average Bonchev–Trinajstić information content (AvgIpc) is 2.25. The van der Waals surface area contributed by atoms with Gasteiger partial charge in [0.1, 0.15) is 0 Å². The van der Waals surface area contributed by atoms with Crippen LogP contribution < -0.4 is 5.73 Å². The summed E-state index contributed by atoms with van der Waals surface area (Å²) in [6.07, 6.45) is 5.02. The monoisotopic (exact) mass is 287 g/mol. The summed E-state index contributed by atoms with van der Waals surface area (Å²) in [5.74, 6) is 1.75. The van der Waals surface area contributed by atoms with Crippen LogP contribution in [0, 0.1) is 0 Å². The van der Waals surface area contributed by atoms with E-state index in [1.54, 1.807) is 0 Å². The molecule has 0 spiro atoms. The van der Waals surface area contributed by atoms with Gasteiger partial charge in [0.05, 0.1) is 10.2 Å². The molecule has 1 unspecified atom stereocenters. The van der Waals surface area contributed by atoms with E-state index in [0.29, 0.717) is 11.1 Å². The lowest BCUT2D eigenvalue weighted by atomic mass is 10.1. The molecule has 5 heteroatoms. The molecule has 15 heavy (non-hydrogen) atoms. The molecule has 1 saturated heterocycles. The maximum absolute atomic E-state index is 5.60. The number of hydrogen-bond acceptors (Lipinski definition) is 4. The highest BCUT2D eigenvalue weighted by molar-refractivity contribution is 9.10. The van der Waals surface area contributed by atoms with Gasteiger partial charge in [0.15, 0.2) is 5.82 Å². The number of aromatic nitrogens is 2. The second-order valence-electron chi connectivity index (χ2n) is 3.76. The zero-order valence-corrected chi connectivity index (χ0v) is 10.9. The molecule has 0 radical (unpaired) electrons. The lowest BCUT2D eigenvalue weighted by Gasteiger charge is -2.20. The minimum absolute atomic E-state index is 0.468. The number of nitrogens with zero attached hydrogens (tertiary/aromatic N) is 2. The molecule has 1 atom stereocenters. The number of thioether (sulfide) groups is 1. The highest BCUT2D eigenvalue weighted by atomic mass is 79.9. The molecule has 0 aliphatic carbocycles. The minimum atomic E-state index is 0.468. The number of anilines is 1. The molecule has 0 aromatic carbocycles. The summed E-state index contributed by atoms with van der Waals surface area (Å²) in [6, 6.07) is 1.98. The molecule has 0 bridgehead atoms. The van der Waals surface area contributed by atoms with E-state index in [0.717, 1.165) is 16.6 Å². The number of nitrogen functional groups attached to an aromatic ring is 1. The Bertz CT molecular complexity index is 339. The summed E-state index contributed by atoms with van der Waals surface area (Å²) >= 11 is 5.43. The lowest BCUT2D eigenvalue weighted by Crippen LogP contribution is -2.14. The van der Waals surface area contributed by atoms with Crippen molar-refractivity contribution in [3.8, 4) is 0 Å². The summed E-state index contributed by atoms with van der Waals surface area (Å²) < 4.78 is 0.855. The fraction of sp³-hybridized carbons (Fsp3) is 0.600. The second-order valence-corrected chi connectivity index (χ2v) is 6.02. The van der Waals surface area contributed by atoms with Crippen LogP contribution in [0.2, 0.25) is 0 Å². The van der Waals surface area contributed by atoms with Gasteiger partial charge >= 0.3 is 0 Å². The van der Waals surface area contributed by atoms with Crippen molar-refractivity contribution in [1.82, 2.24) is 10.2 Å². The molecule has 1 fully saturated rings. The summed E-state index contributed by atoms with van der Waals surface area (Å²) in [7, 11) is 0. The quantitative estimate of drug-likeness (QED) is 0.909. The van der Waals surface area contributed by atoms with E-state index in [-0.39, 0.29) is 0 Å². The largest absolute Gasteiger partial charge is 0.381 e. The van der Waals surface area contributed by atoms with E-state index in [4.69, 9.17) is 5.73 Å². The van der Waals surface area contributed by atoms with Gasteiger partial charge in [-0.15, -0.1) is 5.10 Å². The van der Waals surface area contributed by atoms with Crippen molar-refractivity contribution < 1.29 is 0 Å². The Morgan fingerprint density at radius 1 is 1.47 bits per heavy atom. The topological polar surface area (TPSA) is 51.8 Å². The molecule has 1 aromatic rings. The third kappa shape index (κ3) is 3.08. The maximum atomic E-state index is 5.60. The Morgan fingerprint density at radius 3 is 3.00 bits per heavy atom. The first-order valence-corrected chi connectivity index (χ1v) is 6.99. The third-order valence-electron chi connectivity index (χ3n) is 2.54. The van der Waals surface area contributed by atoms with Crippen LogP contribution >= 0.6 is 27.7 Å². The summed E-state index contributed by atoms with van der Waals surface area (Å²) in [6.45, 7) is 0. The van der Waals surface area contributed by atoms with E-state index in [2.05, 4.69) is 37.9 Å². The van der Waals surface area contributed by atoms with Crippen molar-refractivity contribution in [2.45, 2.75) is 30.9 Å². The Kier molecular flexibility index (Phi) is 3.86. The van der Waals surface area contributed by atoms with Gasteiger partial charge in [-0.1, -0.05) is 6.42 Å². The van der Waals surface area contributed by atoms with Crippen LogP contribution in [-0.4, -0.2) is 21.2 Å². The first-order chi connectivity index (χ1) is 7.25. The smallest absolute Gasteiger partial charge is 0.160 e. The van der Waals surface area contributed by atoms with Crippen molar-refractivity contribution in [3.63, 3.8) is 0 Å².